The van der Waals surface area contributed by atoms with Crippen molar-refractivity contribution in [3.63, 3.8) is 0 Å². The van der Waals surface area contributed by atoms with Crippen LogP contribution in [0.2, 0.25) is 0 Å². The molecule has 0 aromatic carbocycles. The molecule has 0 fully saturated rings. The van der Waals surface area contributed by atoms with Gasteiger partial charge in [-0.3, -0.25) is 0 Å². The largest absolute Gasteiger partial charge is 0.420 e. The number of aromatic nitrogens is 4. The van der Waals surface area contributed by atoms with Gasteiger partial charge in [-0.25, -0.2) is 9.97 Å². The molecule has 0 saturated carbocycles. The summed E-state index contributed by atoms with van der Waals surface area (Å²) in [5.74, 6) is -0.274. The number of hydrogen-bond acceptors (Lipinski definition) is 3. The maximum Gasteiger partial charge on any atom is 0.420 e. The minimum Gasteiger partial charge on any atom is -0.237 e. The predicted molar refractivity (Wildman–Crippen MR) is 74.4 cm³/mol. The fourth-order valence-corrected chi connectivity index (χ4v) is 2.38. The summed E-state index contributed by atoms with van der Waals surface area (Å²) in [7, 11) is 0. The molecule has 0 aliphatic rings. The van der Waals surface area contributed by atoms with Crippen molar-refractivity contribution in [1.29, 1.82) is 0 Å². The molecule has 0 spiro atoms. The summed E-state index contributed by atoms with van der Waals surface area (Å²) in [5.41, 5.74) is -0.494. The molecule has 0 N–H and O–H groups in total. The quantitative estimate of drug-likeness (QED) is 0.598. The van der Waals surface area contributed by atoms with Gasteiger partial charge in [0.15, 0.2) is 11.5 Å². The van der Waals surface area contributed by atoms with Crippen molar-refractivity contribution in [1.82, 2.24) is 19.7 Å². The highest BCUT2D eigenvalue weighted by atomic mass is 127. The third-order valence-corrected chi connectivity index (χ3v) is 3.65. The number of alkyl halides is 3. The van der Waals surface area contributed by atoms with E-state index < -0.39 is 11.7 Å². The number of hydrogen-bond donors (Lipinski definition) is 0. The van der Waals surface area contributed by atoms with Gasteiger partial charge in [-0.1, -0.05) is 0 Å². The molecule has 0 atom stereocenters. The highest BCUT2D eigenvalue weighted by Gasteiger charge is 2.35. The molecule has 0 aliphatic carbocycles. The lowest BCUT2D eigenvalue weighted by molar-refractivity contribution is -0.137. The standard InChI is InChI=1S/C12H6F3IN4/c13-12(14,15)8-2-1-4-17-11(8)20-10-7(6-19-20)9(16)3-5-18-10/h1-6H. The van der Waals surface area contributed by atoms with Gasteiger partial charge in [-0.05, 0) is 40.8 Å². The van der Waals surface area contributed by atoms with Gasteiger partial charge < -0.3 is 0 Å². The van der Waals surface area contributed by atoms with Crippen molar-refractivity contribution in [3.8, 4) is 5.82 Å². The van der Waals surface area contributed by atoms with Crippen molar-refractivity contribution < 1.29 is 13.2 Å². The van der Waals surface area contributed by atoms with E-state index in [2.05, 4.69) is 37.7 Å². The van der Waals surface area contributed by atoms with Crippen LogP contribution in [0.3, 0.4) is 0 Å². The molecule has 0 bridgehead atoms. The number of fused-ring (bicyclic) bond motifs is 1. The lowest BCUT2D eigenvalue weighted by atomic mass is 10.2. The van der Waals surface area contributed by atoms with E-state index in [1.165, 1.54) is 24.7 Å². The van der Waals surface area contributed by atoms with Crippen LogP contribution in [0.4, 0.5) is 13.2 Å². The Labute approximate surface area is 124 Å². The first-order chi connectivity index (χ1) is 9.48. The molecule has 0 unspecified atom stereocenters. The van der Waals surface area contributed by atoms with E-state index in [0.29, 0.717) is 11.0 Å². The van der Waals surface area contributed by atoms with Crippen LogP contribution in [0.1, 0.15) is 5.56 Å². The summed E-state index contributed by atoms with van der Waals surface area (Å²) in [6.07, 6.45) is -0.187. The highest BCUT2D eigenvalue weighted by Crippen LogP contribution is 2.33. The van der Waals surface area contributed by atoms with E-state index in [0.717, 1.165) is 14.3 Å². The van der Waals surface area contributed by atoms with Crippen molar-refractivity contribution in [2.45, 2.75) is 6.18 Å². The Morgan fingerprint density at radius 3 is 2.65 bits per heavy atom. The van der Waals surface area contributed by atoms with Crippen LogP contribution in [0.5, 0.6) is 0 Å². The average molecular weight is 390 g/mol. The van der Waals surface area contributed by atoms with E-state index in [9.17, 15) is 13.2 Å². The summed E-state index contributed by atoms with van der Waals surface area (Å²) >= 11 is 2.08. The maximum atomic E-state index is 13.0. The van der Waals surface area contributed by atoms with Gasteiger partial charge in [0.25, 0.3) is 0 Å². The fourth-order valence-electron chi connectivity index (χ4n) is 1.84. The molecule has 0 saturated heterocycles. The second-order valence-corrected chi connectivity index (χ2v) is 5.12. The highest BCUT2D eigenvalue weighted by molar-refractivity contribution is 14.1. The van der Waals surface area contributed by atoms with E-state index in [-0.39, 0.29) is 5.82 Å². The van der Waals surface area contributed by atoms with Gasteiger partial charge in [-0.2, -0.15) is 23.0 Å². The molecule has 0 amide bonds. The molecular weight excluding hydrogens is 384 g/mol. The van der Waals surface area contributed by atoms with Crippen LogP contribution in [-0.4, -0.2) is 19.7 Å². The van der Waals surface area contributed by atoms with E-state index in [1.807, 2.05) is 0 Å². The summed E-state index contributed by atoms with van der Waals surface area (Å²) in [6.45, 7) is 0. The molecule has 20 heavy (non-hydrogen) atoms. The van der Waals surface area contributed by atoms with Crippen molar-refractivity contribution in [2.75, 3.05) is 0 Å². The molecule has 3 heterocycles. The second kappa shape index (κ2) is 4.69. The molecule has 102 valence electrons. The summed E-state index contributed by atoms with van der Waals surface area (Å²) in [6, 6.07) is 3.98. The Kier molecular flexibility index (Phi) is 3.11. The lowest BCUT2D eigenvalue weighted by Gasteiger charge is -2.11. The molecule has 8 heteroatoms. The average Bonchev–Trinajstić information content (AvgIpc) is 2.83. The first-order valence-corrected chi connectivity index (χ1v) is 6.57. The molecule has 3 aromatic rings. The number of pyridine rings is 2. The van der Waals surface area contributed by atoms with Crippen LogP contribution in [0, 0.1) is 3.57 Å². The minimum absolute atomic E-state index is 0.274. The number of rotatable bonds is 1. The third-order valence-electron chi connectivity index (χ3n) is 2.71. The zero-order valence-corrected chi connectivity index (χ0v) is 11.9. The second-order valence-electron chi connectivity index (χ2n) is 3.96. The Morgan fingerprint density at radius 1 is 1.10 bits per heavy atom. The molecule has 3 aromatic heterocycles. The van der Waals surface area contributed by atoms with Crippen LogP contribution in [0.15, 0.2) is 36.8 Å². The Hall–Kier alpha value is -1.71. The maximum absolute atomic E-state index is 13.0. The van der Waals surface area contributed by atoms with Crippen molar-refractivity contribution >= 4 is 33.6 Å². The van der Waals surface area contributed by atoms with E-state index >= 15 is 0 Å². The molecule has 0 aliphatic heterocycles. The molecule has 3 rings (SSSR count). The number of nitrogens with zero attached hydrogens (tertiary/aromatic N) is 4. The summed E-state index contributed by atoms with van der Waals surface area (Å²) in [5, 5.41) is 4.67. The third kappa shape index (κ3) is 2.13. The lowest BCUT2D eigenvalue weighted by Crippen LogP contribution is -2.13. The minimum atomic E-state index is -4.50. The Morgan fingerprint density at radius 2 is 1.90 bits per heavy atom. The van der Waals surface area contributed by atoms with Crippen LogP contribution < -0.4 is 0 Å². The van der Waals surface area contributed by atoms with Gasteiger partial charge >= 0.3 is 6.18 Å². The normalized spacial score (nSPS) is 12.0. The van der Waals surface area contributed by atoms with Gasteiger partial charge in [0.2, 0.25) is 0 Å². The van der Waals surface area contributed by atoms with Gasteiger partial charge in [0.1, 0.15) is 5.56 Å². The first-order valence-electron chi connectivity index (χ1n) is 5.49. The Balaban J connectivity index is 2.30. The fraction of sp³-hybridized carbons (Fsp3) is 0.0833. The van der Waals surface area contributed by atoms with Crippen LogP contribution in [-0.2, 0) is 6.18 Å². The topological polar surface area (TPSA) is 43.6 Å². The monoisotopic (exact) mass is 390 g/mol. The molecular formula is C12H6F3IN4. The number of halogens is 4. The molecule has 0 radical (unpaired) electrons. The van der Waals surface area contributed by atoms with Crippen LogP contribution >= 0.6 is 22.6 Å². The first kappa shape index (κ1) is 13.3. The summed E-state index contributed by atoms with van der Waals surface area (Å²) < 4.78 is 41.0. The van der Waals surface area contributed by atoms with E-state index in [1.54, 1.807) is 6.07 Å². The zero-order chi connectivity index (χ0) is 14.3. The van der Waals surface area contributed by atoms with Gasteiger partial charge in [-0.15, -0.1) is 0 Å². The van der Waals surface area contributed by atoms with Crippen LogP contribution in [0.25, 0.3) is 16.9 Å². The molecule has 4 nitrogen and oxygen atoms in total. The summed E-state index contributed by atoms with van der Waals surface area (Å²) in [4.78, 5) is 7.90. The smallest absolute Gasteiger partial charge is 0.237 e. The van der Waals surface area contributed by atoms with Gasteiger partial charge in [0, 0.05) is 16.0 Å². The van der Waals surface area contributed by atoms with Gasteiger partial charge in [0.05, 0.1) is 11.6 Å². The SMILES string of the molecule is FC(F)(F)c1cccnc1-n1ncc2c(I)ccnc21. The van der Waals surface area contributed by atoms with Crippen molar-refractivity contribution in [3.05, 3.63) is 45.9 Å². The predicted octanol–water partition coefficient (Wildman–Crippen LogP) is 3.44. The van der Waals surface area contributed by atoms with Crippen molar-refractivity contribution in [2.24, 2.45) is 0 Å². The van der Waals surface area contributed by atoms with E-state index in [4.69, 9.17) is 0 Å². The zero-order valence-electron chi connectivity index (χ0n) is 9.76. The Bertz CT molecular complexity index is 782.